The van der Waals surface area contributed by atoms with Crippen molar-refractivity contribution in [3.8, 4) is 0 Å². The van der Waals surface area contributed by atoms with Gasteiger partial charge in [-0.25, -0.2) is 9.59 Å². The molecule has 2 aliphatic rings. The summed E-state index contributed by atoms with van der Waals surface area (Å²) >= 11 is 1.93. The lowest BCUT2D eigenvalue weighted by atomic mass is 10.0. The number of amides is 2. The van der Waals surface area contributed by atoms with Crippen LogP contribution in [0.1, 0.15) is 25.7 Å². The molecule has 2 saturated heterocycles. The predicted molar refractivity (Wildman–Crippen MR) is 75.1 cm³/mol. The first-order valence-electron chi connectivity index (χ1n) is 6.68. The zero-order chi connectivity index (χ0) is 13.7. The summed E-state index contributed by atoms with van der Waals surface area (Å²) in [6.45, 7) is 3.81. The van der Waals surface area contributed by atoms with Gasteiger partial charge in [0, 0.05) is 17.1 Å². The number of carbonyl (C=O) groups excluding carboxylic acids is 2. The van der Waals surface area contributed by atoms with Crippen molar-refractivity contribution in [2.45, 2.75) is 43.0 Å². The Balaban J connectivity index is 1.55. The Hall–Kier alpha value is -1.17. The average molecular weight is 284 g/mol. The Kier molecular flexibility index (Phi) is 5.13. The van der Waals surface area contributed by atoms with Crippen molar-refractivity contribution in [2.75, 3.05) is 12.4 Å². The summed E-state index contributed by atoms with van der Waals surface area (Å²) in [5, 5.41) is 6.44. The number of carbonyl (C=O) groups is 2. The first-order chi connectivity index (χ1) is 9.20. The SMILES string of the molecule is C=CC(=O)OCCCCC[C@@H]1SC[C@@H]2NC(=O)N[C@@H]21. The molecule has 0 aromatic carbocycles. The van der Waals surface area contributed by atoms with Crippen LogP contribution in [-0.4, -0.2) is 41.7 Å². The van der Waals surface area contributed by atoms with Crippen LogP contribution in [0.2, 0.25) is 0 Å². The summed E-state index contributed by atoms with van der Waals surface area (Å²) in [6, 6.07) is 0.559. The van der Waals surface area contributed by atoms with Crippen molar-refractivity contribution in [3.05, 3.63) is 12.7 Å². The molecule has 0 radical (unpaired) electrons. The van der Waals surface area contributed by atoms with Crippen LogP contribution < -0.4 is 10.6 Å². The number of hydrogen-bond acceptors (Lipinski definition) is 4. The van der Waals surface area contributed by atoms with E-state index < -0.39 is 0 Å². The van der Waals surface area contributed by atoms with Gasteiger partial charge in [0.2, 0.25) is 0 Å². The summed E-state index contributed by atoms with van der Waals surface area (Å²) in [6.07, 6.45) is 5.31. The van der Waals surface area contributed by atoms with Crippen LogP contribution in [-0.2, 0) is 9.53 Å². The average Bonchev–Trinajstić information content (AvgIpc) is 2.93. The molecule has 106 valence electrons. The van der Waals surface area contributed by atoms with Crippen LogP contribution in [0.15, 0.2) is 12.7 Å². The number of esters is 1. The lowest BCUT2D eigenvalue weighted by molar-refractivity contribution is -0.137. The fraction of sp³-hybridized carbons (Fsp3) is 0.692. The highest BCUT2D eigenvalue weighted by Crippen LogP contribution is 2.33. The van der Waals surface area contributed by atoms with E-state index in [0.717, 1.165) is 31.4 Å². The van der Waals surface area contributed by atoms with E-state index in [0.29, 0.717) is 17.9 Å². The van der Waals surface area contributed by atoms with E-state index >= 15 is 0 Å². The maximum absolute atomic E-state index is 11.2. The van der Waals surface area contributed by atoms with Crippen LogP contribution in [0, 0.1) is 0 Å². The molecule has 3 atom stereocenters. The van der Waals surface area contributed by atoms with Crippen LogP contribution in [0.4, 0.5) is 4.79 Å². The maximum Gasteiger partial charge on any atom is 0.330 e. The molecule has 0 spiro atoms. The summed E-state index contributed by atoms with van der Waals surface area (Å²) in [7, 11) is 0. The Bertz CT molecular complexity index is 362. The second kappa shape index (κ2) is 6.84. The number of unbranched alkanes of at least 4 members (excludes halogenated alkanes) is 2. The second-order valence-electron chi connectivity index (χ2n) is 4.84. The van der Waals surface area contributed by atoms with E-state index in [1.165, 1.54) is 6.08 Å². The largest absolute Gasteiger partial charge is 0.463 e. The molecule has 0 aromatic heterocycles. The van der Waals surface area contributed by atoms with E-state index in [9.17, 15) is 9.59 Å². The molecule has 0 aliphatic carbocycles. The predicted octanol–water partition coefficient (Wildman–Crippen LogP) is 1.44. The highest BCUT2D eigenvalue weighted by molar-refractivity contribution is 8.00. The molecule has 5 nitrogen and oxygen atoms in total. The Morgan fingerprint density at radius 2 is 2.26 bits per heavy atom. The molecular weight excluding hydrogens is 264 g/mol. The smallest absolute Gasteiger partial charge is 0.330 e. The zero-order valence-electron chi connectivity index (χ0n) is 10.9. The van der Waals surface area contributed by atoms with Crippen molar-refractivity contribution in [2.24, 2.45) is 0 Å². The number of hydrogen-bond donors (Lipinski definition) is 2. The number of nitrogens with one attached hydrogen (secondary N) is 2. The highest BCUT2D eigenvalue weighted by Gasteiger charge is 2.42. The third-order valence-electron chi connectivity index (χ3n) is 3.48. The molecule has 19 heavy (non-hydrogen) atoms. The van der Waals surface area contributed by atoms with Crippen molar-refractivity contribution >= 4 is 23.8 Å². The van der Waals surface area contributed by atoms with E-state index in [2.05, 4.69) is 17.2 Å². The van der Waals surface area contributed by atoms with Crippen molar-refractivity contribution in [3.63, 3.8) is 0 Å². The van der Waals surface area contributed by atoms with Crippen LogP contribution in [0.3, 0.4) is 0 Å². The van der Waals surface area contributed by atoms with E-state index in [1.807, 2.05) is 11.8 Å². The lowest BCUT2D eigenvalue weighted by Crippen LogP contribution is -2.36. The Morgan fingerprint density at radius 1 is 1.42 bits per heavy atom. The molecule has 0 bridgehead atoms. The van der Waals surface area contributed by atoms with Gasteiger partial charge in [0.05, 0.1) is 18.7 Å². The van der Waals surface area contributed by atoms with Gasteiger partial charge >= 0.3 is 12.0 Å². The van der Waals surface area contributed by atoms with Gasteiger partial charge in [-0.3, -0.25) is 0 Å². The van der Waals surface area contributed by atoms with Crippen LogP contribution in [0.5, 0.6) is 0 Å². The van der Waals surface area contributed by atoms with Crippen molar-refractivity contribution in [1.82, 2.24) is 10.6 Å². The molecule has 2 fully saturated rings. The normalized spacial score (nSPS) is 28.4. The van der Waals surface area contributed by atoms with Gasteiger partial charge in [-0.05, 0) is 12.8 Å². The minimum atomic E-state index is -0.353. The number of ether oxygens (including phenoxy) is 1. The minimum absolute atomic E-state index is 0.0309. The molecule has 0 unspecified atom stereocenters. The number of fused-ring (bicyclic) bond motifs is 1. The molecule has 2 heterocycles. The lowest BCUT2D eigenvalue weighted by Gasteiger charge is -2.16. The topological polar surface area (TPSA) is 67.4 Å². The second-order valence-corrected chi connectivity index (χ2v) is 6.11. The number of thioether (sulfide) groups is 1. The Labute approximate surface area is 117 Å². The third kappa shape index (κ3) is 3.89. The fourth-order valence-corrected chi connectivity index (χ4v) is 4.04. The minimum Gasteiger partial charge on any atom is -0.463 e. The summed E-state index contributed by atoms with van der Waals surface area (Å²) in [4.78, 5) is 22.0. The molecule has 2 rings (SSSR count). The van der Waals surface area contributed by atoms with Crippen LogP contribution >= 0.6 is 11.8 Å². The van der Waals surface area contributed by atoms with E-state index in [4.69, 9.17) is 4.74 Å². The molecule has 2 aliphatic heterocycles. The van der Waals surface area contributed by atoms with Crippen molar-refractivity contribution in [1.29, 1.82) is 0 Å². The van der Waals surface area contributed by atoms with Gasteiger partial charge < -0.3 is 15.4 Å². The standard InChI is InChI=1S/C13H20N2O3S/c1-2-11(16)18-7-5-3-4-6-10-12-9(8-19-10)14-13(17)15-12/h2,9-10,12H,1,3-8H2,(H2,14,15,17)/t9-,10-,12-/m0/s1. The first kappa shape index (κ1) is 14.2. The molecule has 2 N–H and O–H groups in total. The van der Waals surface area contributed by atoms with Gasteiger partial charge in [-0.2, -0.15) is 11.8 Å². The summed E-state index contributed by atoms with van der Waals surface area (Å²) < 4.78 is 4.92. The summed E-state index contributed by atoms with van der Waals surface area (Å²) in [5.41, 5.74) is 0. The maximum atomic E-state index is 11.2. The van der Waals surface area contributed by atoms with E-state index in [-0.39, 0.29) is 18.0 Å². The Morgan fingerprint density at radius 3 is 3.05 bits per heavy atom. The molecule has 6 heteroatoms. The highest BCUT2D eigenvalue weighted by atomic mass is 32.2. The quantitative estimate of drug-likeness (QED) is 0.321. The van der Waals surface area contributed by atoms with Gasteiger partial charge in [0.25, 0.3) is 0 Å². The van der Waals surface area contributed by atoms with E-state index in [1.54, 1.807) is 0 Å². The van der Waals surface area contributed by atoms with Gasteiger partial charge in [0.15, 0.2) is 0 Å². The van der Waals surface area contributed by atoms with Gasteiger partial charge in [-0.1, -0.05) is 19.4 Å². The third-order valence-corrected chi connectivity index (χ3v) is 4.99. The monoisotopic (exact) mass is 284 g/mol. The molecular formula is C13H20N2O3S. The number of rotatable bonds is 7. The van der Waals surface area contributed by atoms with Crippen LogP contribution in [0.25, 0.3) is 0 Å². The number of urea groups is 1. The van der Waals surface area contributed by atoms with Crippen molar-refractivity contribution < 1.29 is 14.3 Å². The molecule has 0 aromatic rings. The zero-order valence-corrected chi connectivity index (χ0v) is 11.7. The van der Waals surface area contributed by atoms with Gasteiger partial charge in [0.1, 0.15) is 0 Å². The summed E-state index contributed by atoms with van der Waals surface area (Å²) in [5.74, 6) is 0.652. The first-order valence-corrected chi connectivity index (χ1v) is 7.73. The molecule has 2 amide bonds. The van der Waals surface area contributed by atoms with Gasteiger partial charge in [-0.15, -0.1) is 0 Å². The molecule has 0 saturated carbocycles. The fourth-order valence-electron chi connectivity index (χ4n) is 2.50.